The van der Waals surface area contributed by atoms with Crippen molar-refractivity contribution in [3.05, 3.63) is 64.2 Å². The first-order chi connectivity index (χ1) is 11.2. The number of nitrogens with zero attached hydrogens (tertiary/aromatic N) is 1. The monoisotopic (exact) mass is 330 g/mol. The molecule has 2 aromatic carbocycles. The van der Waals surface area contributed by atoms with Crippen molar-refractivity contribution in [2.24, 2.45) is 0 Å². The number of piperazine rings is 1. The fourth-order valence-corrected chi connectivity index (χ4v) is 3.37. The third kappa shape index (κ3) is 3.69. The Balaban J connectivity index is 2.07. The summed E-state index contributed by atoms with van der Waals surface area (Å²) in [7, 11) is 1.74. The fourth-order valence-electron chi connectivity index (χ4n) is 3.24. The number of hydrogen-bond acceptors (Lipinski definition) is 3. The van der Waals surface area contributed by atoms with E-state index in [2.05, 4.69) is 47.5 Å². The summed E-state index contributed by atoms with van der Waals surface area (Å²) >= 11 is 6.08. The van der Waals surface area contributed by atoms with Gasteiger partial charge in [0.25, 0.3) is 0 Å². The lowest BCUT2D eigenvalue weighted by molar-refractivity contribution is 0.195. The van der Waals surface area contributed by atoms with Crippen LogP contribution >= 0.6 is 11.6 Å². The maximum absolute atomic E-state index is 6.08. The minimum atomic E-state index is 0.184. The molecule has 1 aliphatic heterocycles. The van der Waals surface area contributed by atoms with Crippen LogP contribution in [0.5, 0.6) is 5.75 Å². The Kier molecular flexibility index (Phi) is 5.21. The quantitative estimate of drug-likeness (QED) is 0.926. The zero-order valence-corrected chi connectivity index (χ0v) is 14.4. The summed E-state index contributed by atoms with van der Waals surface area (Å²) in [4.78, 5) is 2.51. The Bertz CT molecular complexity index is 651. The average Bonchev–Trinajstić information content (AvgIpc) is 2.58. The van der Waals surface area contributed by atoms with Gasteiger partial charge in [0.15, 0.2) is 0 Å². The van der Waals surface area contributed by atoms with E-state index >= 15 is 0 Å². The van der Waals surface area contributed by atoms with E-state index in [0.29, 0.717) is 0 Å². The molecule has 0 aliphatic carbocycles. The van der Waals surface area contributed by atoms with Gasteiger partial charge in [0.1, 0.15) is 5.75 Å². The number of aryl methyl sites for hydroxylation is 1. The van der Waals surface area contributed by atoms with Gasteiger partial charge in [0.05, 0.1) is 13.2 Å². The molecule has 23 heavy (non-hydrogen) atoms. The van der Waals surface area contributed by atoms with Crippen LogP contribution in [0.4, 0.5) is 0 Å². The molecule has 2 aromatic rings. The number of nitrogens with one attached hydrogen (secondary N) is 1. The largest absolute Gasteiger partial charge is 0.496 e. The van der Waals surface area contributed by atoms with E-state index in [1.54, 1.807) is 7.11 Å². The van der Waals surface area contributed by atoms with Gasteiger partial charge in [0, 0.05) is 36.8 Å². The van der Waals surface area contributed by atoms with Crippen LogP contribution < -0.4 is 10.1 Å². The van der Waals surface area contributed by atoms with Gasteiger partial charge in [0.2, 0.25) is 0 Å². The summed E-state index contributed by atoms with van der Waals surface area (Å²) < 4.78 is 5.65. The molecule has 0 saturated carbocycles. The molecular formula is C19H23ClN2O. The minimum Gasteiger partial charge on any atom is -0.496 e. The molecule has 3 nitrogen and oxygen atoms in total. The molecule has 1 N–H and O–H groups in total. The molecule has 1 atom stereocenters. The van der Waals surface area contributed by atoms with Gasteiger partial charge in [-0.05, 0) is 30.7 Å². The fraction of sp³-hybridized carbons (Fsp3) is 0.368. The first-order valence-electron chi connectivity index (χ1n) is 8.04. The highest BCUT2D eigenvalue weighted by Gasteiger charge is 2.26. The van der Waals surface area contributed by atoms with Crippen molar-refractivity contribution in [1.82, 2.24) is 10.2 Å². The van der Waals surface area contributed by atoms with E-state index in [4.69, 9.17) is 16.3 Å². The Hall–Kier alpha value is -1.55. The van der Waals surface area contributed by atoms with Crippen LogP contribution in [0.1, 0.15) is 22.7 Å². The Labute approximate surface area is 143 Å². The molecule has 1 aliphatic rings. The smallest absolute Gasteiger partial charge is 0.124 e. The number of hydrogen-bond donors (Lipinski definition) is 1. The lowest BCUT2D eigenvalue weighted by Crippen LogP contribution is -2.45. The summed E-state index contributed by atoms with van der Waals surface area (Å²) in [6.45, 7) is 6.19. The first-order valence-corrected chi connectivity index (χ1v) is 8.41. The normalized spacial score (nSPS) is 17.0. The molecule has 0 amide bonds. The van der Waals surface area contributed by atoms with Crippen LogP contribution in [-0.4, -0.2) is 38.2 Å². The molecule has 1 fully saturated rings. The summed E-state index contributed by atoms with van der Waals surface area (Å²) in [5.74, 6) is 0.939. The van der Waals surface area contributed by atoms with E-state index in [1.807, 2.05) is 12.1 Å². The third-order valence-corrected chi connectivity index (χ3v) is 4.63. The lowest BCUT2D eigenvalue weighted by atomic mass is 9.94. The highest BCUT2D eigenvalue weighted by Crippen LogP contribution is 2.36. The molecule has 0 aromatic heterocycles. The molecule has 3 rings (SSSR count). The van der Waals surface area contributed by atoms with Gasteiger partial charge in [-0.1, -0.05) is 41.4 Å². The van der Waals surface area contributed by atoms with Gasteiger partial charge < -0.3 is 10.1 Å². The second-order valence-corrected chi connectivity index (χ2v) is 6.42. The maximum atomic E-state index is 6.08. The van der Waals surface area contributed by atoms with Crippen molar-refractivity contribution >= 4 is 11.6 Å². The van der Waals surface area contributed by atoms with Gasteiger partial charge in [-0.15, -0.1) is 0 Å². The van der Waals surface area contributed by atoms with E-state index in [9.17, 15) is 0 Å². The lowest BCUT2D eigenvalue weighted by Gasteiger charge is -2.36. The van der Waals surface area contributed by atoms with Crippen molar-refractivity contribution < 1.29 is 4.74 Å². The Morgan fingerprint density at radius 2 is 1.78 bits per heavy atom. The van der Waals surface area contributed by atoms with Crippen molar-refractivity contribution in [3.8, 4) is 5.75 Å². The van der Waals surface area contributed by atoms with Crippen LogP contribution in [0.15, 0.2) is 42.5 Å². The molecule has 1 saturated heterocycles. The van der Waals surface area contributed by atoms with E-state index in [1.165, 1.54) is 16.7 Å². The van der Waals surface area contributed by atoms with Crippen LogP contribution in [0, 0.1) is 6.92 Å². The molecule has 4 heteroatoms. The SMILES string of the molecule is COc1ccc(C)cc1C(c1ccc(Cl)cc1)N1CCNCC1. The van der Waals surface area contributed by atoms with Crippen molar-refractivity contribution in [1.29, 1.82) is 0 Å². The van der Waals surface area contributed by atoms with Gasteiger partial charge in [-0.25, -0.2) is 0 Å². The van der Waals surface area contributed by atoms with Crippen molar-refractivity contribution in [2.75, 3.05) is 33.3 Å². The molecule has 0 spiro atoms. The van der Waals surface area contributed by atoms with Crippen molar-refractivity contribution in [2.45, 2.75) is 13.0 Å². The van der Waals surface area contributed by atoms with Crippen LogP contribution in [0.2, 0.25) is 5.02 Å². The minimum absolute atomic E-state index is 0.184. The summed E-state index contributed by atoms with van der Waals surface area (Å²) in [6.07, 6.45) is 0. The predicted molar refractivity (Wildman–Crippen MR) is 95.5 cm³/mol. The zero-order valence-electron chi connectivity index (χ0n) is 13.7. The Morgan fingerprint density at radius 1 is 1.09 bits per heavy atom. The number of ether oxygens (including phenoxy) is 1. The Morgan fingerprint density at radius 3 is 2.43 bits per heavy atom. The number of benzene rings is 2. The standard InChI is InChI=1S/C19H23ClN2O/c1-14-3-8-18(23-2)17(13-14)19(22-11-9-21-10-12-22)15-4-6-16(20)7-5-15/h3-8,13,19,21H,9-12H2,1-2H3. The van der Waals surface area contributed by atoms with Gasteiger partial charge >= 0.3 is 0 Å². The topological polar surface area (TPSA) is 24.5 Å². The number of halogens is 1. The molecule has 122 valence electrons. The number of methoxy groups -OCH3 is 1. The van der Waals surface area contributed by atoms with Crippen LogP contribution in [0.25, 0.3) is 0 Å². The van der Waals surface area contributed by atoms with E-state index in [0.717, 1.165) is 37.0 Å². The van der Waals surface area contributed by atoms with Crippen molar-refractivity contribution in [3.63, 3.8) is 0 Å². The summed E-state index contributed by atoms with van der Waals surface area (Å²) in [6, 6.07) is 14.8. The molecule has 0 bridgehead atoms. The van der Waals surface area contributed by atoms with Gasteiger partial charge in [-0.2, -0.15) is 0 Å². The van der Waals surface area contributed by atoms with Gasteiger partial charge in [-0.3, -0.25) is 4.90 Å². The molecule has 0 radical (unpaired) electrons. The maximum Gasteiger partial charge on any atom is 0.124 e. The third-order valence-electron chi connectivity index (χ3n) is 4.38. The summed E-state index contributed by atoms with van der Waals surface area (Å²) in [5.41, 5.74) is 3.71. The highest BCUT2D eigenvalue weighted by molar-refractivity contribution is 6.30. The average molecular weight is 331 g/mol. The van der Waals surface area contributed by atoms with E-state index < -0.39 is 0 Å². The first kappa shape index (κ1) is 16.3. The molecule has 1 heterocycles. The second kappa shape index (κ2) is 7.35. The highest BCUT2D eigenvalue weighted by atomic mass is 35.5. The zero-order chi connectivity index (χ0) is 16.2. The molecular weight excluding hydrogens is 308 g/mol. The summed E-state index contributed by atoms with van der Waals surface area (Å²) in [5, 5.41) is 4.20. The van der Waals surface area contributed by atoms with Crippen LogP contribution in [-0.2, 0) is 0 Å². The number of rotatable bonds is 4. The predicted octanol–water partition coefficient (Wildman–Crippen LogP) is 3.65. The molecule has 1 unspecified atom stereocenters. The van der Waals surface area contributed by atoms with Crippen LogP contribution in [0.3, 0.4) is 0 Å². The second-order valence-electron chi connectivity index (χ2n) is 5.99. The van der Waals surface area contributed by atoms with E-state index in [-0.39, 0.29) is 6.04 Å².